The summed E-state index contributed by atoms with van der Waals surface area (Å²) in [7, 11) is 0. The number of aliphatic hydroxyl groups excluding tert-OH is 1. The predicted molar refractivity (Wildman–Crippen MR) is 62.3 cm³/mol. The van der Waals surface area contributed by atoms with E-state index >= 15 is 0 Å². The lowest BCUT2D eigenvalue weighted by molar-refractivity contribution is 0.0689. The van der Waals surface area contributed by atoms with Gasteiger partial charge in [0.25, 0.3) is 5.91 Å². The summed E-state index contributed by atoms with van der Waals surface area (Å²) in [6.07, 6.45) is 3.12. The highest BCUT2D eigenvalue weighted by Gasteiger charge is 2.42. The van der Waals surface area contributed by atoms with E-state index in [9.17, 15) is 9.59 Å². The van der Waals surface area contributed by atoms with Crippen LogP contribution in [0, 0.1) is 5.41 Å². The Balaban J connectivity index is 2.07. The Morgan fingerprint density at radius 3 is 2.72 bits per heavy atom. The number of amides is 1. The molecule has 0 radical (unpaired) electrons. The fraction of sp³-hybridized carbons (Fsp3) is 0.417. The van der Waals surface area contributed by atoms with Gasteiger partial charge in [0.15, 0.2) is 0 Å². The summed E-state index contributed by atoms with van der Waals surface area (Å²) < 4.78 is 0. The molecule has 1 aromatic rings. The molecule has 1 aliphatic carbocycles. The summed E-state index contributed by atoms with van der Waals surface area (Å²) in [6, 6.07) is 2.81. The highest BCUT2D eigenvalue weighted by Crippen LogP contribution is 2.44. The van der Waals surface area contributed by atoms with Crippen molar-refractivity contribution < 1.29 is 19.8 Å². The summed E-state index contributed by atoms with van der Waals surface area (Å²) in [6.45, 7) is 0.374. The zero-order valence-electron chi connectivity index (χ0n) is 9.72. The molecule has 18 heavy (non-hydrogen) atoms. The molecule has 1 aliphatic rings. The van der Waals surface area contributed by atoms with E-state index in [0.29, 0.717) is 6.54 Å². The standard InChI is InChI=1S/C12H14N2O4/c15-7-12(3-4-12)6-14-10(16)9-8(11(17)18)2-1-5-13-9/h1-2,5,15H,3-4,6-7H2,(H,14,16)(H,17,18). The van der Waals surface area contributed by atoms with Crippen LogP contribution in [-0.2, 0) is 0 Å². The maximum absolute atomic E-state index is 11.8. The van der Waals surface area contributed by atoms with Crippen LogP contribution in [0.3, 0.4) is 0 Å². The van der Waals surface area contributed by atoms with Crippen LogP contribution in [0.5, 0.6) is 0 Å². The van der Waals surface area contributed by atoms with Crippen molar-refractivity contribution in [2.24, 2.45) is 5.41 Å². The van der Waals surface area contributed by atoms with Crippen LogP contribution in [-0.4, -0.2) is 40.2 Å². The van der Waals surface area contributed by atoms with Crippen molar-refractivity contribution in [1.29, 1.82) is 0 Å². The minimum absolute atomic E-state index is 0.0291. The molecule has 96 valence electrons. The molecule has 1 heterocycles. The van der Waals surface area contributed by atoms with Crippen LogP contribution in [0.2, 0.25) is 0 Å². The number of hydrogen-bond acceptors (Lipinski definition) is 4. The molecule has 0 spiro atoms. The van der Waals surface area contributed by atoms with Gasteiger partial charge in [-0.1, -0.05) is 0 Å². The molecular formula is C12H14N2O4. The molecule has 0 unspecified atom stereocenters. The van der Waals surface area contributed by atoms with Crippen LogP contribution in [0.1, 0.15) is 33.7 Å². The van der Waals surface area contributed by atoms with E-state index in [1.54, 1.807) is 0 Å². The monoisotopic (exact) mass is 250 g/mol. The molecule has 0 aliphatic heterocycles. The molecule has 1 saturated carbocycles. The van der Waals surface area contributed by atoms with E-state index in [0.717, 1.165) is 12.8 Å². The number of carboxylic acids is 1. The highest BCUT2D eigenvalue weighted by atomic mass is 16.4. The maximum atomic E-state index is 11.8. The van der Waals surface area contributed by atoms with Crippen molar-refractivity contribution in [2.75, 3.05) is 13.2 Å². The largest absolute Gasteiger partial charge is 0.478 e. The average Bonchev–Trinajstić information content (AvgIpc) is 3.16. The molecule has 0 aromatic carbocycles. The first kappa shape index (κ1) is 12.5. The number of carbonyl (C=O) groups is 2. The Kier molecular flexibility index (Phi) is 3.29. The molecule has 1 aromatic heterocycles. The first-order chi connectivity index (χ1) is 8.58. The van der Waals surface area contributed by atoms with Gasteiger partial charge in [0.2, 0.25) is 0 Å². The summed E-state index contributed by atoms with van der Waals surface area (Å²) in [5, 5.41) is 20.7. The van der Waals surface area contributed by atoms with Gasteiger partial charge in [-0.2, -0.15) is 0 Å². The molecule has 3 N–H and O–H groups in total. The Morgan fingerprint density at radius 2 is 2.17 bits per heavy atom. The maximum Gasteiger partial charge on any atom is 0.338 e. The van der Waals surface area contributed by atoms with E-state index < -0.39 is 11.9 Å². The smallest absolute Gasteiger partial charge is 0.338 e. The van der Waals surface area contributed by atoms with Crippen LogP contribution in [0.4, 0.5) is 0 Å². The minimum atomic E-state index is -1.18. The lowest BCUT2D eigenvalue weighted by Crippen LogP contribution is -2.33. The van der Waals surface area contributed by atoms with Gasteiger partial charge in [-0.3, -0.25) is 9.78 Å². The molecule has 0 saturated heterocycles. The van der Waals surface area contributed by atoms with E-state index in [1.807, 2.05) is 0 Å². The first-order valence-corrected chi connectivity index (χ1v) is 5.65. The molecule has 6 nitrogen and oxygen atoms in total. The number of nitrogens with zero attached hydrogens (tertiary/aromatic N) is 1. The molecule has 6 heteroatoms. The van der Waals surface area contributed by atoms with Crippen LogP contribution in [0.25, 0.3) is 0 Å². The lowest BCUT2D eigenvalue weighted by Gasteiger charge is -2.12. The fourth-order valence-electron chi connectivity index (χ4n) is 1.68. The van der Waals surface area contributed by atoms with Gasteiger partial charge < -0.3 is 15.5 Å². The number of carbonyl (C=O) groups excluding carboxylic acids is 1. The molecule has 0 bridgehead atoms. The van der Waals surface area contributed by atoms with E-state index in [1.165, 1.54) is 18.3 Å². The van der Waals surface area contributed by atoms with Crippen LogP contribution >= 0.6 is 0 Å². The normalized spacial score (nSPS) is 16.1. The Hall–Kier alpha value is -1.95. The van der Waals surface area contributed by atoms with Crippen molar-refractivity contribution in [3.05, 3.63) is 29.6 Å². The van der Waals surface area contributed by atoms with Crippen molar-refractivity contribution in [3.63, 3.8) is 0 Å². The fourth-order valence-corrected chi connectivity index (χ4v) is 1.68. The predicted octanol–water partition coefficient (Wildman–Crippen LogP) is 0.282. The highest BCUT2D eigenvalue weighted by molar-refractivity contribution is 6.03. The van der Waals surface area contributed by atoms with Crippen molar-refractivity contribution >= 4 is 11.9 Å². The average molecular weight is 250 g/mol. The number of aliphatic hydroxyl groups is 1. The number of hydrogen-bond donors (Lipinski definition) is 3. The topological polar surface area (TPSA) is 99.5 Å². The molecule has 1 fully saturated rings. The van der Waals surface area contributed by atoms with Crippen molar-refractivity contribution in [1.82, 2.24) is 10.3 Å². The second kappa shape index (κ2) is 4.73. The van der Waals surface area contributed by atoms with E-state index in [2.05, 4.69) is 10.3 Å². The minimum Gasteiger partial charge on any atom is -0.478 e. The molecule has 0 atom stereocenters. The van der Waals surface area contributed by atoms with Crippen LogP contribution in [0.15, 0.2) is 18.3 Å². The van der Waals surface area contributed by atoms with E-state index in [-0.39, 0.29) is 23.3 Å². The summed E-state index contributed by atoms with van der Waals surface area (Å²) in [5.74, 6) is -1.70. The van der Waals surface area contributed by atoms with Gasteiger partial charge in [0.05, 0.1) is 12.2 Å². The third kappa shape index (κ3) is 2.48. The summed E-state index contributed by atoms with van der Waals surface area (Å²) in [5.41, 5.74) is -0.434. The van der Waals surface area contributed by atoms with Gasteiger partial charge in [0, 0.05) is 18.2 Å². The molecular weight excluding hydrogens is 236 g/mol. The Bertz CT molecular complexity index is 483. The Labute approximate surface area is 104 Å². The van der Waals surface area contributed by atoms with Gasteiger partial charge in [-0.25, -0.2) is 4.79 Å². The second-order valence-electron chi connectivity index (χ2n) is 4.55. The Morgan fingerprint density at radius 1 is 1.44 bits per heavy atom. The van der Waals surface area contributed by atoms with Gasteiger partial charge >= 0.3 is 5.97 Å². The molecule has 2 rings (SSSR count). The SMILES string of the molecule is O=C(O)c1cccnc1C(=O)NCC1(CO)CC1. The second-order valence-corrected chi connectivity index (χ2v) is 4.55. The third-order valence-electron chi connectivity index (χ3n) is 3.17. The van der Waals surface area contributed by atoms with E-state index in [4.69, 9.17) is 10.2 Å². The first-order valence-electron chi connectivity index (χ1n) is 5.65. The number of aromatic nitrogens is 1. The summed E-state index contributed by atoms with van der Waals surface area (Å²) in [4.78, 5) is 26.6. The summed E-state index contributed by atoms with van der Waals surface area (Å²) >= 11 is 0. The number of carboxylic acid groups (broad SMARTS) is 1. The molecule has 1 amide bonds. The third-order valence-corrected chi connectivity index (χ3v) is 3.17. The van der Waals surface area contributed by atoms with Crippen molar-refractivity contribution in [2.45, 2.75) is 12.8 Å². The lowest BCUT2D eigenvalue weighted by atomic mass is 10.1. The quantitative estimate of drug-likeness (QED) is 0.697. The van der Waals surface area contributed by atoms with Crippen LogP contribution < -0.4 is 5.32 Å². The van der Waals surface area contributed by atoms with Crippen molar-refractivity contribution in [3.8, 4) is 0 Å². The van der Waals surface area contributed by atoms with Gasteiger partial charge in [0.1, 0.15) is 5.69 Å². The number of nitrogens with one attached hydrogen (secondary N) is 1. The van der Waals surface area contributed by atoms with Gasteiger partial charge in [-0.15, -0.1) is 0 Å². The number of aromatic carboxylic acids is 1. The zero-order chi connectivity index (χ0) is 13.2. The van der Waals surface area contributed by atoms with Gasteiger partial charge in [-0.05, 0) is 25.0 Å². The number of pyridine rings is 1. The zero-order valence-corrected chi connectivity index (χ0v) is 9.72. The number of rotatable bonds is 5.